The summed E-state index contributed by atoms with van der Waals surface area (Å²) in [5.41, 5.74) is 9.15. The molecule has 5 heteroatoms. The third kappa shape index (κ3) is 2.38. The van der Waals surface area contributed by atoms with Gasteiger partial charge in [-0.25, -0.2) is 0 Å². The quantitative estimate of drug-likeness (QED) is 0.849. The third-order valence-electron chi connectivity index (χ3n) is 3.66. The van der Waals surface area contributed by atoms with Crippen molar-refractivity contribution < 1.29 is 9.53 Å². The zero-order valence-corrected chi connectivity index (χ0v) is 13.2. The summed E-state index contributed by atoms with van der Waals surface area (Å²) in [6, 6.07) is 11.1. The van der Waals surface area contributed by atoms with Crippen molar-refractivity contribution >= 4 is 33.2 Å². The van der Waals surface area contributed by atoms with Crippen LogP contribution >= 0.6 is 15.9 Å². The molecule has 0 bridgehead atoms. The van der Waals surface area contributed by atoms with Crippen molar-refractivity contribution in [3.63, 3.8) is 0 Å². The molecule has 2 N–H and O–H groups in total. The highest BCUT2D eigenvalue weighted by Gasteiger charge is 2.28. The topological polar surface area (TPSA) is 55.6 Å². The molecule has 0 atom stereocenters. The number of halogens is 1. The number of hydrogen-bond donors (Lipinski definition) is 1. The zero-order chi connectivity index (χ0) is 15.0. The van der Waals surface area contributed by atoms with Crippen LogP contribution in [0.5, 0.6) is 5.75 Å². The molecule has 0 spiro atoms. The molecule has 0 aromatic heterocycles. The molecule has 21 heavy (non-hydrogen) atoms. The van der Waals surface area contributed by atoms with Gasteiger partial charge in [0.25, 0.3) is 5.91 Å². The van der Waals surface area contributed by atoms with E-state index < -0.39 is 0 Å². The van der Waals surface area contributed by atoms with Gasteiger partial charge in [-0.1, -0.05) is 28.1 Å². The van der Waals surface area contributed by atoms with E-state index in [1.54, 1.807) is 24.1 Å². The van der Waals surface area contributed by atoms with Crippen molar-refractivity contribution in [3.8, 4) is 5.75 Å². The SMILES string of the molecule is COc1cc(Br)ccc1C(=O)N1CCc2cccc(N)c21. The van der Waals surface area contributed by atoms with E-state index in [2.05, 4.69) is 15.9 Å². The van der Waals surface area contributed by atoms with Gasteiger partial charge < -0.3 is 15.4 Å². The van der Waals surface area contributed by atoms with Crippen molar-refractivity contribution in [2.75, 3.05) is 24.3 Å². The van der Waals surface area contributed by atoms with Crippen LogP contribution in [0.3, 0.4) is 0 Å². The minimum absolute atomic E-state index is 0.0870. The molecule has 0 unspecified atom stereocenters. The first-order valence-electron chi connectivity index (χ1n) is 6.64. The summed E-state index contributed by atoms with van der Waals surface area (Å²) in [7, 11) is 1.56. The molecule has 4 nitrogen and oxygen atoms in total. The van der Waals surface area contributed by atoms with Crippen LogP contribution in [0.1, 0.15) is 15.9 Å². The maximum Gasteiger partial charge on any atom is 0.262 e. The minimum atomic E-state index is -0.0870. The van der Waals surface area contributed by atoms with Gasteiger partial charge in [0.15, 0.2) is 0 Å². The van der Waals surface area contributed by atoms with Crippen LogP contribution in [-0.2, 0) is 6.42 Å². The average Bonchev–Trinajstić information content (AvgIpc) is 2.92. The van der Waals surface area contributed by atoms with E-state index >= 15 is 0 Å². The molecule has 2 aromatic carbocycles. The number of nitrogens with two attached hydrogens (primary N) is 1. The van der Waals surface area contributed by atoms with E-state index in [0.717, 1.165) is 22.1 Å². The fourth-order valence-corrected chi connectivity index (χ4v) is 3.02. The maximum atomic E-state index is 12.8. The number of fused-ring (bicyclic) bond motifs is 1. The second kappa shape index (κ2) is 5.41. The smallest absolute Gasteiger partial charge is 0.262 e. The van der Waals surface area contributed by atoms with Crippen molar-refractivity contribution in [3.05, 3.63) is 52.0 Å². The number of carbonyl (C=O) groups excluding carboxylic acids is 1. The number of ether oxygens (including phenoxy) is 1. The first-order chi connectivity index (χ1) is 10.1. The molecule has 0 fully saturated rings. The van der Waals surface area contributed by atoms with E-state index in [9.17, 15) is 4.79 Å². The van der Waals surface area contributed by atoms with Gasteiger partial charge in [-0.2, -0.15) is 0 Å². The van der Waals surface area contributed by atoms with Gasteiger partial charge in [-0.05, 0) is 36.2 Å². The largest absolute Gasteiger partial charge is 0.496 e. The summed E-state index contributed by atoms with van der Waals surface area (Å²) < 4.78 is 6.19. The van der Waals surface area contributed by atoms with Crippen molar-refractivity contribution in [2.45, 2.75) is 6.42 Å². The summed E-state index contributed by atoms with van der Waals surface area (Å²) in [5, 5.41) is 0. The first-order valence-corrected chi connectivity index (χ1v) is 7.44. The molecule has 1 amide bonds. The Morgan fingerprint density at radius 1 is 1.33 bits per heavy atom. The normalized spacial score (nSPS) is 13.1. The number of nitrogen functional groups attached to an aromatic ring is 1. The first kappa shape index (κ1) is 13.9. The van der Waals surface area contributed by atoms with E-state index in [-0.39, 0.29) is 5.91 Å². The Morgan fingerprint density at radius 3 is 2.90 bits per heavy atom. The van der Waals surface area contributed by atoms with E-state index in [1.807, 2.05) is 24.3 Å². The molecule has 0 aliphatic carbocycles. The lowest BCUT2D eigenvalue weighted by Crippen LogP contribution is -2.29. The Bertz CT molecular complexity index is 715. The summed E-state index contributed by atoms with van der Waals surface area (Å²) >= 11 is 3.38. The van der Waals surface area contributed by atoms with Gasteiger partial charge in [0.1, 0.15) is 5.75 Å². The number of para-hydroxylation sites is 1. The minimum Gasteiger partial charge on any atom is -0.496 e. The lowest BCUT2D eigenvalue weighted by Gasteiger charge is -2.20. The van der Waals surface area contributed by atoms with Crippen LogP contribution in [0.4, 0.5) is 11.4 Å². The van der Waals surface area contributed by atoms with Gasteiger partial charge in [-0.3, -0.25) is 4.79 Å². The monoisotopic (exact) mass is 346 g/mol. The maximum absolute atomic E-state index is 12.8. The van der Waals surface area contributed by atoms with Crippen LogP contribution in [0.2, 0.25) is 0 Å². The summed E-state index contributed by atoms with van der Waals surface area (Å²) in [6.45, 7) is 0.640. The Morgan fingerprint density at radius 2 is 2.14 bits per heavy atom. The Hall–Kier alpha value is -2.01. The van der Waals surface area contributed by atoms with E-state index in [1.165, 1.54) is 0 Å². The molecular weight excluding hydrogens is 332 g/mol. The van der Waals surface area contributed by atoms with Crippen molar-refractivity contribution in [1.82, 2.24) is 0 Å². The van der Waals surface area contributed by atoms with Gasteiger partial charge in [-0.15, -0.1) is 0 Å². The Kier molecular flexibility index (Phi) is 3.59. The molecule has 2 aromatic rings. The number of amides is 1. The lowest BCUT2D eigenvalue weighted by molar-refractivity contribution is 0.0986. The highest BCUT2D eigenvalue weighted by atomic mass is 79.9. The van der Waals surface area contributed by atoms with Gasteiger partial charge in [0, 0.05) is 11.0 Å². The molecule has 108 valence electrons. The summed E-state index contributed by atoms with van der Waals surface area (Å²) in [5.74, 6) is 0.466. The zero-order valence-electron chi connectivity index (χ0n) is 11.6. The van der Waals surface area contributed by atoms with E-state index in [4.69, 9.17) is 10.5 Å². The van der Waals surface area contributed by atoms with Crippen LogP contribution in [0.25, 0.3) is 0 Å². The number of benzene rings is 2. The predicted octanol–water partition coefficient (Wildman–Crippen LogP) is 3.24. The molecule has 0 radical (unpaired) electrons. The third-order valence-corrected chi connectivity index (χ3v) is 4.16. The lowest BCUT2D eigenvalue weighted by atomic mass is 10.1. The fraction of sp³-hybridized carbons (Fsp3) is 0.188. The average molecular weight is 347 g/mol. The number of carbonyl (C=O) groups is 1. The molecule has 1 aliphatic rings. The van der Waals surface area contributed by atoms with Crippen molar-refractivity contribution in [2.24, 2.45) is 0 Å². The predicted molar refractivity (Wildman–Crippen MR) is 86.9 cm³/mol. The standard InChI is InChI=1S/C16H15BrN2O2/c1-21-14-9-11(17)5-6-12(14)16(20)19-8-7-10-3-2-4-13(18)15(10)19/h2-6,9H,7-8,18H2,1H3. The number of rotatable bonds is 2. The van der Waals surface area contributed by atoms with E-state index in [0.29, 0.717) is 23.5 Å². The second-order valence-corrected chi connectivity index (χ2v) is 5.82. The van der Waals surface area contributed by atoms with Crippen LogP contribution in [-0.4, -0.2) is 19.6 Å². The molecule has 0 saturated carbocycles. The van der Waals surface area contributed by atoms with Gasteiger partial charge in [0.05, 0.1) is 24.0 Å². The fourth-order valence-electron chi connectivity index (χ4n) is 2.68. The Balaban J connectivity index is 2.03. The molecule has 1 aliphatic heterocycles. The summed E-state index contributed by atoms with van der Waals surface area (Å²) in [6.07, 6.45) is 0.824. The second-order valence-electron chi connectivity index (χ2n) is 4.91. The number of methoxy groups -OCH3 is 1. The van der Waals surface area contributed by atoms with Gasteiger partial charge in [0.2, 0.25) is 0 Å². The summed E-state index contributed by atoms with van der Waals surface area (Å²) in [4.78, 5) is 14.6. The van der Waals surface area contributed by atoms with Crippen LogP contribution in [0, 0.1) is 0 Å². The molecule has 1 heterocycles. The van der Waals surface area contributed by atoms with Crippen LogP contribution in [0.15, 0.2) is 40.9 Å². The molecule has 0 saturated heterocycles. The highest BCUT2D eigenvalue weighted by Crippen LogP contribution is 2.36. The number of nitrogens with zero attached hydrogens (tertiary/aromatic N) is 1. The highest BCUT2D eigenvalue weighted by molar-refractivity contribution is 9.10. The Labute approximate surface area is 131 Å². The number of hydrogen-bond acceptors (Lipinski definition) is 3. The van der Waals surface area contributed by atoms with Crippen molar-refractivity contribution in [1.29, 1.82) is 0 Å². The number of anilines is 2. The van der Waals surface area contributed by atoms with Gasteiger partial charge >= 0.3 is 0 Å². The molecule has 3 rings (SSSR count). The van der Waals surface area contributed by atoms with Crippen LogP contribution < -0.4 is 15.4 Å². The molecular formula is C16H15BrN2O2.